The van der Waals surface area contributed by atoms with Gasteiger partial charge in [-0.15, -0.1) is 0 Å². The number of aromatic amines is 1. The van der Waals surface area contributed by atoms with E-state index >= 15 is 0 Å². The van der Waals surface area contributed by atoms with Crippen LogP contribution in [0.2, 0.25) is 10.0 Å². The zero-order valence-electron chi connectivity index (χ0n) is 7.87. The smallest absolute Gasteiger partial charge is 0.271 e. The molecule has 3 N–H and O–H groups in total. The molecule has 0 saturated heterocycles. The molecule has 0 spiro atoms. The van der Waals surface area contributed by atoms with Gasteiger partial charge in [0.05, 0.1) is 10.0 Å². The van der Waals surface area contributed by atoms with Gasteiger partial charge in [-0.25, -0.2) is 0 Å². The number of primary amides is 1. The molecule has 7 heteroatoms. The number of nitrogens with two attached hydrogens (primary N) is 1. The first-order valence-corrected chi connectivity index (χ1v) is 5.02. The lowest BCUT2D eigenvalue weighted by Crippen LogP contribution is -2.12. The number of hydrogen-bond donors (Lipinski definition) is 2. The van der Waals surface area contributed by atoms with Crippen molar-refractivity contribution >= 4 is 29.1 Å². The monoisotopic (exact) mass is 256 g/mol. The number of benzene rings is 1. The maximum atomic E-state index is 11.1. The summed E-state index contributed by atoms with van der Waals surface area (Å²) in [5, 5.41) is 10.5. The average molecular weight is 257 g/mol. The molecular formula is C9H6Cl2N4O. The zero-order chi connectivity index (χ0) is 11.7. The van der Waals surface area contributed by atoms with Crippen LogP contribution in [0.15, 0.2) is 18.2 Å². The van der Waals surface area contributed by atoms with Crippen LogP contribution in [0.3, 0.4) is 0 Å². The maximum absolute atomic E-state index is 11.1. The minimum absolute atomic E-state index is 0.00926. The minimum Gasteiger partial charge on any atom is -0.364 e. The topological polar surface area (TPSA) is 84.7 Å². The second-order valence-electron chi connectivity index (χ2n) is 2.98. The van der Waals surface area contributed by atoms with Gasteiger partial charge in [0.25, 0.3) is 5.91 Å². The molecule has 1 aromatic carbocycles. The third kappa shape index (κ3) is 1.75. The molecule has 5 nitrogen and oxygen atoms in total. The van der Waals surface area contributed by atoms with Crippen molar-refractivity contribution in [1.29, 1.82) is 0 Å². The first-order chi connectivity index (χ1) is 7.61. The highest BCUT2D eigenvalue weighted by Gasteiger charge is 2.19. The van der Waals surface area contributed by atoms with Gasteiger partial charge in [0.15, 0.2) is 5.69 Å². The molecule has 0 atom stereocenters. The van der Waals surface area contributed by atoms with E-state index in [1.807, 2.05) is 0 Å². The van der Waals surface area contributed by atoms with Crippen molar-refractivity contribution in [2.24, 2.45) is 5.73 Å². The number of aromatic nitrogens is 3. The zero-order valence-corrected chi connectivity index (χ0v) is 9.38. The minimum atomic E-state index is -0.695. The molecule has 0 aliphatic rings. The summed E-state index contributed by atoms with van der Waals surface area (Å²) in [6, 6.07) is 4.97. The Hall–Kier alpha value is -1.59. The van der Waals surface area contributed by atoms with E-state index in [0.717, 1.165) is 0 Å². The Kier molecular flexibility index (Phi) is 2.80. The van der Waals surface area contributed by atoms with Crippen molar-refractivity contribution in [1.82, 2.24) is 15.4 Å². The van der Waals surface area contributed by atoms with Gasteiger partial charge < -0.3 is 5.73 Å². The highest BCUT2D eigenvalue weighted by Crippen LogP contribution is 2.34. The van der Waals surface area contributed by atoms with Crippen LogP contribution < -0.4 is 5.73 Å². The van der Waals surface area contributed by atoms with Crippen LogP contribution in [0, 0.1) is 0 Å². The fourth-order valence-corrected chi connectivity index (χ4v) is 1.88. The Labute approximate surface area is 101 Å². The Bertz CT molecular complexity index is 532. The summed E-state index contributed by atoms with van der Waals surface area (Å²) in [5.41, 5.74) is 5.85. The Morgan fingerprint density at radius 3 is 2.44 bits per heavy atom. The maximum Gasteiger partial charge on any atom is 0.271 e. The summed E-state index contributed by atoms with van der Waals surface area (Å²) in [7, 11) is 0. The summed E-state index contributed by atoms with van der Waals surface area (Å²) in [6.45, 7) is 0. The number of carbonyl (C=O) groups excluding carboxylic acids is 1. The first kappa shape index (κ1) is 10.9. The predicted octanol–water partition coefficient (Wildman–Crippen LogP) is 1.88. The van der Waals surface area contributed by atoms with Crippen LogP contribution in [0.4, 0.5) is 0 Å². The van der Waals surface area contributed by atoms with Crippen molar-refractivity contribution in [2.75, 3.05) is 0 Å². The van der Waals surface area contributed by atoms with Crippen LogP contribution in [0.5, 0.6) is 0 Å². The van der Waals surface area contributed by atoms with Gasteiger partial charge in [0, 0.05) is 5.56 Å². The fourth-order valence-electron chi connectivity index (χ4n) is 1.30. The van der Waals surface area contributed by atoms with Gasteiger partial charge in [-0.3, -0.25) is 4.79 Å². The van der Waals surface area contributed by atoms with E-state index in [4.69, 9.17) is 28.9 Å². The SMILES string of the molecule is NC(=O)c1n[nH]nc1-c1c(Cl)cccc1Cl. The molecule has 1 amide bonds. The molecule has 0 radical (unpaired) electrons. The van der Waals surface area contributed by atoms with Crippen LogP contribution in [0.25, 0.3) is 11.3 Å². The quantitative estimate of drug-likeness (QED) is 0.861. The second-order valence-corrected chi connectivity index (χ2v) is 3.80. The number of nitrogens with zero attached hydrogens (tertiary/aromatic N) is 2. The predicted molar refractivity (Wildman–Crippen MR) is 60.4 cm³/mol. The average Bonchev–Trinajstić information content (AvgIpc) is 2.66. The van der Waals surface area contributed by atoms with Gasteiger partial charge in [0.2, 0.25) is 0 Å². The Morgan fingerprint density at radius 1 is 1.25 bits per heavy atom. The van der Waals surface area contributed by atoms with E-state index in [0.29, 0.717) is 15.6 Å². The van der Waals surface area contributed by atoms with Gasteiger partial charge in [-0.1, -0.05) is 29.3 Å². The number of rotatable bonds is 2. The van der Waals surface area contributed by atoms with Crippen LogP contribution in [-0.2, 0) is 0 Å². The summed E-state index contributed by atoms with van der Waals surface area (Å²) >= 11 is 12.0. The summed E-state index contributed by atoms with van der Waals surface area (Å²) < 4.78 is 0. The van der Waals surface area contributed by atoms with E-state index in [2.05, 4.69) is 15.4 Å². The van der Waals surface area contributed by atoms with Gasteiger partial charge in [-0.05, 0) is 12.1 Å². The molecule has 0 bridgehead atoms. The third-order valence-corrected chi connectivity index (χ3v) is 2.61. The van der Waals surface area contributed by atoms with Crippen LogP contribution >= 0.6 is 23.2 Å². The molecule has 0 saturated carbocycles. The lowest BCUT2D eigenvalue weighted by molar-refractivity contribution is 0.0996. The normalized spacial score (nSPS) is 10.4. The first-order valence-electron chi connectivity index (χ1n) is 4.26. The van der Waals surface area contributed by atoms with Crippen LogP contribution in [-0.4, -0.2) is 21.3 Å². The highest BCUT2D eigenvalue weighted by atomic mass is 35.5. The summed E-state index contributed by atoms with van der Waals surface area (Å²) in [5.74, 6) is -0.695. The molecule has 0 aliphatic heterocycles. The molecular weight excluding hydrogens is 251 g/mol. The molecule has 0 unspecified atom stereocenters. The Morgan fingerprint density at radius 2 is 1.88 bits per heavy atom. The van der Waals surface area contributed by atoms with Crippen molar-refractivity contribution in [3.05, 3.63) is 33.9 Å². The molecule has 82 valence electrons. The van der Waals surface area contributed by atoms with E-state index in [9.17, 15) is 4.79 Å². The second kappa shape index (κ2) is 4.11. The Balaban J connectivity index is 2.68. The van der Waals surface area contributed by atoms with Crippen molar-refractivity contribution in [2.45, 2.75) is 0 Å². The standard InChI is InChI=1S/C9H6Cl2N4O/c10-4-2-1-3-5(11)6(4)7-8(9(12)16)14-15-13-7/h1-3H,(H2,12,16)(H,13,14,15). The van der Waals surface area contributed by atoms with Crippen LogP contribution in [0.1, 0.15) is 10.5 Å². The number of carbonyl (C=O) groups is 1. The molecule has 2 aromatic rings. The van der Waals surface area contributed by atoms with E-state index in [1.165, 1.54) is 0 Å². The largest absolute Gasteiger partial charge is 0.364 e. The van der Waals surface area contributed by atoms with E-state index < -0.39 is 5.91 Å². The fraction of sp³-hybridized carbons (Fsp3) is 0. The van der Waals surface area contributed by atoms with E-state index in [-0.39, 0.29) is 11.4 Å². The lowest BCUT2D eigenvalue weighted by atomic mass is 10.1. The molecule has 0 aliphatic carbocycles. The number of hydrogen-bond acceptors (Lipinski definition) is 3. The third-order valence-electron chi connectivity index (χ3n) is 1.98. The molecule has 1 aromatic heterocycles. The van der Waals surface area contributed by atoms with Gasteiger partial charge in [-0.2, -0.15) is 15.4 Å². The summed E-state index contributed by atoms with van der Waals surface area (Å²) in [4.78, 5) is 11.1. The molecule has 2 rings (SSSR count). The number of halogens is 2. The van der Waals surface area contributed by atoms with Gasteiger partial charge >= 0.3 is 0 Å². The molecule has 1 heterocycles. The van der Waals surface area contributed by atoms with Crippen molar-refractivity contribution in [3.63, 3.8) is 0 Å². The van der Waals surface area contributed by atoms with Gasteiger partial charge in [0.1, 0.15) is 5.69 Å². The number of amides is 1. The lowest BCUT2D eigenvalue weighted by Gasteiger charge is -2.03. The molecule has 0 fully saturated rings. The number of nitrogens with one attached hydrogen (secondary N) is 1. The molecule has 16 heavy (non-hydrogen) atoms. The summed E-state index contributed by atoms with van der Waals surface area (Å²) in [6.07, 6.45) is 0. The van der Waals surface area contributed by atoms with Crippen molar-refractivity contribution < 1.29 is 4.79 Å². The number of H-pyrrole nitrogens is 1. The van der Waals surface area contributed by atoms with E-state index in [1.54, 1.807) is 18.2 Å². The van der Waals surface area contributed by atoms with Crippen molar-refractivity contribution in [3.8, 4) is 11.3 Å². The highest BCUT2D eigenvalue weighted by molar-refractivity contribution is 6.39.